The SMILES string of the molecule is CCCCn1nnnc1NC(=O)NCc1n[nH]c2c1CCC2. The summed E-state index contributed by atoms with van der Waals surface area (Å²) in [5.74, 6) is 0.359. The van der Waals surface area contributed by atoms with E-state index in [9.17, 15) is 4.79 Å². The molecule has 2 aromatic heterocycles. The number of anilines is 1. The number of aryl methyl sites for hydroxylation is 2. The smallest absolute Gasteiger partial charge is 0.321 e. The molecule has 0 fully saturated rings. The number of unbranched alkanes of at least 4 members (excludes halogenated alkanes) is 1. The maximum atomic E-state index is 12.0. The van der Waals surface area contributed by atoms with E-state index in [0.717, 1.165) is 37.8 Å². The van der Waals surface area contributed by atoms with Gasteiger partial charge in [0.15, 0.2) is 0 Å². The summed E-state index contributed by atoms with van der Waals surface area (Å²) in [6.07, 6.45) is 5.21. The van der Waals surface area contributed by atoms with Gasteiger partial charge in [0, 0.05) is 12.2 Å². The van der Waals surface area contributed by atoms with Crippen LogP contribution in [0.15, 0.2) is 0 Å². The van der Waals surface area contributed by atoms with Gasteiger partial charge in [0.05, 0.1) is 12.2 Å². The third kappa shape index (κ3) is 3.07. The molecule has 2 amide bonds. The number of aromatic nitrogens is 6. The van der Waals surface area contributed by atoms with Crippen LogP contribution in [-0.2, 0) is 25.9 Å². The Morgan fingerprint density at radius 3 is 3.18 bits per heavy atom. The molecule has 3 rings (SSSR count). The summed E-state index contributed by atoms with van der Waals surface area (Å²) in [7, 11) is 0. The Kier molecular flexibility index (Phi) is 4.31. The minimum absolute atomic E-state index is 0.331. The summed E-state index contributed by atoms with van der Waals surface area (Å²) in [4.78, 5) is 12.0. The largest absolute Gasteiger partial charge is 0.332 e. The standard InChI is InChI=1S/C13H20N8O/c1-2-3-7-21-12(18-19-20-21)15-13(22)14-8-11-9-5-4-6-10(9)16-17-11/h2-8H2,1H3,(H,16,17)(H2,14,15,18,20,22). The molecule has 1 aliphatic carbocycles. The van der Waals surface area contributed by atoms with Crippen LogP contribution in [0.1, 0.15) is 43.1 Å². The lowest BCUT2D eigenvalue weighted by Crippen LogP contribution is -2.30. The number of rotatable bonds is 6. The molecule has 3 N–H and O–H groups in total. The highest BCUT2D eigenvalue weighted by atomic mass is 16.2. The number of carbonyl (C=O) groups excluding carboxylic acids is 1. The molecule has 9 heteroatoms. The summed E-state index contributed by atoms with van der Waals surface area (Å²) < 4.78 is 1.59. The number of tetrazole rings is 1. The van der Waals surface area contributed by atoms with Crippen LogP contribution in [0.3, 0.4) is 0 Å². The fourth-order valence-corrected chi connectivity index (χ4v) is 2.60. The number of aromatic amines is 1. The highest BCUT2D eigenvalue weighted by Gasteiger charge is 2.18. The van der Waals surface area contributed by atoms with Crippen molar-refractivity contribution in [2.45, 2.75) is 52.1 Å². The Bertz CT molecular complexity index is 646. The van der Waals surface area contributed by atoms with Crippen molar-refractivity contribution in [3.05, 3.63) is 17.0 Å². The molecule has 0 spiro atoms. The third-order valence-electron chi connectivity index (χ3n) is 3.79. The van der Waals surface area contributed by atoms with Gasteiger partial charge < -0.3 is 5.32 Å². The van der Waals surface area contributed by atoms with E-state index < -0.39 is 0 Å². The highest BCUT2D eigenvalue weighted by Crippen LogP contribution is 2.22. The van der Waals surface area contributed by atoms with Gasteiger partial charge >= 0.3 is 6.03 Å². The van der Waals surface area contributed by atoms with Crippen molar-refractivity contribution >= 4 is 12.0 Å². The van der Waals surface area contributed by atoms with Crippen LogP contribution in [0.4, 0.5) is 10.7 Å². The van der Waals surface area contributed by atoms with E-state index >= 15 is 0 Å². The molecule has 0 bridgehead atoms. The molecule has 0 aliphatic heterocycles. The lowest BCUT2D eigenvalue weighted by molar-refractivity contribution is 0.251. The molecule has 1 aliphatic rings. The minimum Gasteiger partial charge on any atom is -0.332 e. The van der Waals surface area contributed by atoms with Gasteiger partial charge in [-0.25, -0.2) is 9.48 Å². The van der Waals surface area contributed by atoms with Crippen molar-refractivity contribution in [3.63, 3.8) is 0 Å². The Morgan fingerprint density at radius 1 is 1.41 bits per heavy atom. The molecule has 22 heavy (non-hydrogen) atoms. The number of nitrogens with zero attached hydrogens (tertiary/aromatic N) is 5. The molecule has 118 valence electrons. The second kappa shape index (κ2) is 6.54. The van der Waals surface area contributed by atoms with Gasteiger partial charge in [0.2, 0.25) is 0 Å². The van der Waals surface area contributed by atoms with Gasteiger partial charge in [0.1, 0.15) is 0 Å². The molecule has 0 saturated heterocycles. The van der Waals surface area contributed by atoms with E-state index in [4.69, 9.17) is 0 Å². The van der Waals surface area contributed by atoms with Crippen LogP contribution < -0.4 is 10.6 Å². The summed E-state index contributed by atoms with van der Waals surface area (Å²) in [6, 6.07) is -0.331. The maximum absolute atomic E-state index is 12.0. The van der Waals surface area contributed by atoms with Gasteiger partial charge in [-0.15, -0.1) is 0 Å². The van der Waals surface area contributed by atoms with Crippen molar-refractivity contribution in [1.82, 2.24) is 35.7 Å². The van der Waals surface area contributed by atoms with Crippen LogP contribution in [0, 0.1) is 0 Å². The fourth-order valence-electron chi connectivity index (χ4n) is 2.60. The Hall–Kier alpha value is -2.45. The fraction of sp³-hybridized carbons (Fsp3) is 0.615. The first kappa shape index (κ1) is 14.5. The van der Waals surface area contributed by atoms with Crippen molar-refractivity contribution in [2.75, 3.05) is 5.32 Å². The number of amides is 2. The van der Waals surface area contributed by atoms with Gasteiger partial charge in [0.25, 0.3) is 5.95 Å². The van der Waals surface area contributed by atoms with E-state index in [1.54, 1.807) is 4.68 Å². The molecule has 0 radical (unpaired) electrons. The van der Waals surface area contributed by atoms with Gasteiger partial charge in [-0.3, -0.25) is 10.4 Å². The zero-order valence-electron chi connectivity index (χ0n) is 12.6. The van der Waals surface area contributed by atoms with Crippen LogP contribution in [-0.4, -0.2) is 36.4 Å². The van der Waals surface area contributed by atoms with E-state index in [0.29, 0.717) is 19.0 Å². The molecule has 0 aromatic carbocycles. The third-order valence-corrected chi connectivity index (χ3v) is 3.79. The molecule has 9 nitrogen and oxygen atoms in total. The van der Waals surface area contributed by atoms with Gasteiger partial charge in [-0.1, -0.05) is 18.4 Å². The normalized spacial score (nSPS) is 13.1. The Balaban J connectivity index is 1.53. The van der Waals surface area contributed by atoms with Crippen LogP contribution in [0.5, 0.6) is 0 Å². The van der Waals surface area contributed by atoms with Crippen LogP contribution >= 0.6 is 0 Å². The monoisotopic (exact) mass is 304 g/mol. The number of urea groups is 1. The van der Waals surface area contributed by atoms with Gasteiger partial charge in [-0.2, -0.15) is 5.10 Å². The van der Waals surface area contributed by atoms with Crippen molar-refractivity contribution in [3.8, 4) is 0 Å². The first-order valence-electron chi connectivity index (χ1n) is 7.64. The second-order valence-electron chi connectivity index (χ2n) is 5.37. The zero-order valence-corrected chi connectivity index (χ0v) is 12.6. The molecule has 0 saturated carbocycles. The summed E-state index contributed by atoms with van der Waals surface area (Å²) in [5.41, 5.74) is 3.35. The van der Waals surface area contributed by atoms with Gasteiger partial charge in [-0.05, 0) is 41.7 Å². The summed E-state index contributed by atoms with van der Waals surface area (Å²) in [5, 5.41) is 24.0. The van der Waals surface area contributed by atoms with E-state index in [2.05, 4.69) is 43.3 Å². The maximum Gasteiger partial charge on any atom is 0.321 e. The topological polar surface area (TPSA) is 113 Å². The highest BCUT2D eigenvalue weighted by molar-refractivity contribution is 5.87. The Morgan fingerprint density at radius 2 is 2.32 bits per heavy atom. The zero-order chi connectivity index (χ0) is 15.4. The van der Waals surface area contributed by atoms with Crippen LogP contribution in [0.25, 0.3) is 0 Å². The van der Waals surface area contributed by atoms with Crippen molar-refractivity contribution in [1.29, 1.82) is 0 Å². The molecular weight excluding hydrogens is 284 g/mol. The predicted molar refractivity (Wildman–Crippen MR) is 79.2 cm³/mol. The molecule has 2 heterocycles. The number of hydrogen-bond acceptors (Lipinski definition) is 5. The van der Waals surface area contributed by atoms with E-state index in [1.165, 1.54) is 11.3 Å². The van der Waals surface area contributed by atoms with Crippen molar-refractivity contribution in [2.24, 2.45) is 0 Å². The van der Waals surface area contributed by atoms with Crippen molar-refractivity contribution < 1.29 is 4.79 Å². The second-order valence-corrected chi connectivity index (χ2v) is 5.37. The Labute approximate surface area is 127 Å². The molecule has 0 unspecified atom stereocenters. The lowest BCUT2D eigenvalue weighted by atomic mass is 10.2. The summed E-state index contributed by atoms with van der Waals surface area (Å²) in [6.45, 7) is 3.17. The number of carbonyl (C=O) groups is 1. The van der Waals surface area contributed by atoms with E-state index in [1.807, 2.05) is 0 Å². The molecule has 0 atom stereocenters. The quantitative estimate of drug-likeness (QED) is 0.737. The molecule has 2 aromatic rings. The molecular formula is C13H20N8O. The average Bonchev–Trinajstić information content (AvgIpc) is 3.20. The number of fused-ring (bicyclic) bond motifs is 1. The summed E-state index contributed by atoms with van der Waals surface area (Å²) >= 11 is 0. The number of nitrogens with one attached hydrogen (secondary N) is 3. The number of H-pyrrole nitrogens is 1. The predicted octanol–water partition coefficient (Wildman–Crippen LogP) is 1.01. The first-order valence-corrected chi connectivity index (χ1v) is 7.64. The van der Waals surface area contributed by atoms with E-state index in [-0.39, 0.29) is 6.03 Å². The first-order chi connectivity index (χ1) is 10.8. The number of hydrogen-bond donors (Lipinski definition) is 3. The minimum atomic E-state index is -0.331. The average molecular weight is 304 g/mol. The lowest BCUT2D eigenvalue weighted by Gasteiger charge is -2.07. The van der Waals surface area contributed by atoms with Crippen LogP contribution in [0.2, 0.25) is 0 Å².